The summed E-state index contributed by atoms with van der Waals surface area (Å²) < 4.78 is 5.66. The third kappa shape index (κ3) is 12.0. The van der Waals surface area contributed by atoms with E-state index in [1.54, 1.807) is 0 Å². The lowest BCUT2D eigenvalue weighted by molar-refractivity contribution is 0.265. The van der Waals surface area contributed by atoms with Crippen LogP contribution < -0.4 is 0 Å². The zero-order valence-electron chi connectivity index (χ0n) is 16.3. The van der Waals surface area contributed by atoms with Crippen molar-refractivity contribution in [1.29, 1.82) is 0 Å². The summed E-state index contributed by atoms with van der Waals surface area (Å²) in [6, 6.07) is 0. The number of hydrogen-bond donors (Lipinski definition) is 0. The van der Waals surface area contributed by atoms with Crippen molar-refractivity contribution in [2.75, 3.05) is 6.61 Å². The lowest BCUT2D eigenvalue weighted by Crippen LogP contribution is -2.09. The molecule has 0 saturated carbocycles. The summed E-state index contributed by atoms with van der Waals surface area (Å²) in [4.78, 5) is 0. The van der Waals surface area contributed by atoms with Gasteiger partial charge in [-0.25, -0.2) is 0 Å². The van der Waals surface area contributed by atoms with Crippen LogP contribution in [0.3, 0.4) is 0 Å². The van der Waals surface area contributed by atoms with Crippen molar-refractivity contribution in [1.82, 2.24) is 0 Å². The molecule has 1 fully saturated rings. The molecule has 138 valence electrons. The van der Waals surface area contributed by atoms with Gasteiger partial charge < -0.3 is 4.74 Å². The van der Waals surface area contributed by atoms with Gasteiger partial charge in [0.1, 0.15) is 0 Å². The molecule has 23 heavy (non-hydrogen) atoms. The highest BCUT2D eigenvalue weighted by molar-refractivity contribution is 4.91. The van der Waals surface area contributed by atoms with Gasteiger partial charge in [-0.3, -0.25) is 0 Å². The third-order valence-corrected chi connectivity index (χ3v) is 5.49. The van der Waals surface area contributed by atoms with Crippen LogP contribution >= 0.6 is 0 Å². The van der Waals surface area contributed by atoms with Gasteiger partial charge in [-0.05, 0) is 12.8 Å². The molecular weight excluding hydrogens is 280 g/mol. The van der Waals surface area contributed by atoms with E-state index < -0.39 is 0 Å². The first-order chi connectivity index (χ1) is 11.3. The molecule has 1 aliphatic rings. The minimum absolute atomic E-state index is 0.339. The molecular formula is C22H44O. The Kier molecular flexibility index (Phi) is 13.1. The lowest BCUT2D eigenvalue weighted by atomic mass is 9.96. The summed E-state index contributed by atoms with van der Waals surface area (Å²) in [5.41, 5.74) is 0.339. The summed E-state index contributed by atoms with van der Waals surface area (Å²) in [6.07, 6.45) is 25.6. The SMILES string of the molecule is CCCCCCCCCCCCCCCCCC1(CCC)CO1. The molecule has 0 N–H and O–H groups in total. The van der Waals surface area contributed by atoms with Crippen molar-refractivity contribution < 1.29 is 4.74 Å². The van der Waals surface area contributed by atoms with E-state index in [2.05, 4.69) is 13.8 Å². The molecule has 1 heterocycles. The molecule has 1 heteroatoms. The molecule has 1 aliphatic heterocycles. The minimum atomic E-state index is 0.339. The van der Waals surface area contributed by atoms with Crippen LogP contribution in [0.2, 0.25) is 0 Å². The molecule has 0 bridgehead atoms. The Labute approximate surface area is 147 Å². The van der Waals surface area contributed by atoms with Crippen molar-refractivity contribution in [2.45, 2.75) is 135 Å². The number of rotatable bonds is 18. The Morgan fingerprint density at radius 1 is 0.522 bits per heavy atom. The van der Waals surface area contributed by atoms with E-state index in [4.69, 9.17) is 4.74 Å². The summed E-state index contributed by atoms with van der Waals surface area (Å²) in [5, 5.41) is 0. The Morgan fingerprint density at radius 2 is 0.913 bits per heavy atom. The normalized spacial score (nSPS) is 20.1. The summed E-state index contributed by atoms with van der Waals surface area (Å²) >= 11 is 0. The second kappa shape index (κ2) is 14.3. The molecule has 1 nitrogen and oxygen atoms in total. The van der Waals surface area contributed by atoms with Crippen LogP contribution in [0.4, 0.5) is 0 Å². The zero-order valence-corrected chi connectivity index (χ0v) is 16.3. The highest BCUT2D eigenvalue weighted by Crippen LogP contribution is 2.37. The Balaban J connectivity index is 1.69. The highest BCUT2D eigenvalue weighted by Gasteiger charge is 2.42. The third-order valence-electron chi connectivity index (χ3n) is 5.49. The Morgan fingerprint density at radius 3 is 1.26 bits per heavy atom. The van der Waals surface area contributed by atoms with Crippen LogP contribution in [0.15, 0.2) is 0 Å². The molecule has 0 radical (unpaired) electrons. The van der Waals surface area contributed by atoms with E-state index >= 15 is 0 Å². The quantitative estimate of drug-likeness (QED) is 0.185. The smallest absolute Gasteiger partial charge is 0.0916 e. The fourth-order valence-electron chi connectivity index (χ4n) is 3.79. The number of hydrogen-bond acceptors (Lipinski definition) is 1. The van der Waals surface area contributed by atoms with Gasteiger partial charge in [0.15, 0.2) is 0 Å². The molecule has 1 saturated heterocycles. The van der Waals surface area contributed by atoms with Gasteiger partial charge in [0.25, 0.3) is 0 Å². The molecule has 1 rings (SSSR count). The Bertz CT molecular complexity index is 244. The van der Waals surface area contributed by atoms with E-state index in [1.807, 2.05) is 0 Å². The van der Waals surface area contributed by atoms with Crippen LogP contribution in [-0.2, 0) is 4.74 Å². The van der Waals surface area contributed by atoms with Crippen molar-refractivity contribution in [3.8, 4) is 0 Å². The largest absolute Gasteiger partial charge is 0.370 e. The van der Waals surface area contributed by atoms with Crippen LogP contribution in [0.25, 0.3) is 0 Å². The number of epoxide rings is 1. The maximum atomic E-state index is 5.66. The van der Waals surface area contributed by atoms with Crippen molar-refractivity contribution in [3.05, 3.63) is 0 Å². The highest BCUT2D eigenvalue weighted by atomic mass is 16.6. The average Bonchev–Trinajstić information content (AvgIpc) is 3.31. The molecule has 1 unspecified atom stereocenters. The predicted molar refractivity (Wildman–Crippen MR) is 103 cm³/mol. The maximum Gasteiger partial charge on any atom is 0.0916 e. The van der Waals surface area contributed by atoms with Crippen molar-refractivity contribution >= 4 is 0 Å². The molecule has 0 amide bonds. The van der Waals surface area contributed by atoms with Gasteiger partial charge >= 0.3 is 0 Å². The summed E-state index contributed by atoms with van der Waals surface area (Å²) in [7, 11) is 0. The lowest BCUT2D eigenvalue weighted by Gasteiger charge is -2.09. The molecule has 0 aliphatic carbocycles. The molecule has 1 atom stereocenters. The second-order valence-corrected chi connectivity index (χ2v) is 7.92. The van der Waals surface area contributed by atoms with Gasteiger partial charge in [-0.2, -0.15) is 0 Å². The fraction of sp³-hybridized carbons (Fsp3) is 1.00. The van der Waals surface area contributed by atoms with Crippen LogP contribution in [-0.4, -0.2) is 12.2 Å². The van der Waals surface area contributed by atoms with Crippen molar-refractivity contribution in [3.63, 3.8) is 0 Å². The Hall–Kier alpha value is -0.0400. The van der Waals surface area contributed by atoms with Crippen LogP contribution in [0.1, 0.15) is 129 Å². The van der Waals surface area contributed by atoms with E-state index in [1.165, 1.54) is 116 Å². The topological polar surface area (TPSA) is 12.5 Å². The fourth-order valence-corrected chi connectivity index (χ4v) is 3.79. The molecule has 0 aromatic rings. The zero-order chi connectivity index (χ0) is 16.6. The second-order valence-electron chi connectivity index (χ2n) is 7.92. The first-order valence-corrected chi connectivity index (χ1v) is 11.0. The van der Waals surface area contributed by atoms with Gasteiger partial charge in [0, 0.05) is 0 Å². The number of ether oxygens (including phenoxy) is 1. The summed E-state index contributed by atoms with van der Waals surface area (Å²) in [5.74, 6) is 0. The van der Waals surface area contributed by atoms with E-state index in [0.717, 1.165) is 6.61 Å². The minimum Gasteiger partial charge on any atom is -0.370 e. The number of unbranched alkanes of at least 4 members (excludes halogenated alkanes) is 14. The van der Waals surface area contributed by atoms with Gasteiger partial charge in [0.05, 0.1) is 12.2 Å². The first kappa shape index (κ1) is 21.0. The molecule has 0 spiro atoms. The van der Waals surface area contributed by atoms with Gasteiger partial charge in [-0.15, -0.1) is 0 Å². The van der Waals surface area contributed by atoms with Crippen LogP contribution in [0.5, 0.6) is 0 Å². The van der Waals surface area contributed by atoms with E-state index in [-0.39, 0.29) is 0 Å². The molecule has 0 aromatic carbocycles. The molecule has 0 aromatic heterocycles. The van der Waals surface area contributed by atoms with Crippen LogP contribution in [0, 0.1) is 0 Å². The van der Waals surface area contributed by atoms with Gasteiger partial charge in [0.2, 0.25) is 0 Å². The standard InChI is InChI=1S/C22H44O/c1-3-5-6-7-8-9-10-11-12-13-14-15-16-17-18-20-22(19-4-2)21-23-22/h3-21H2,1-2H3. The average molecular weight is 325 g/mol. The van der Waals surface area contributed by atoms with Gasteiger partial charge in [-0.1, -0.05) is 117 Å². The predicted octanol–water partition coefficient (Wildman–Crippen LogP) is 7.82. The maximum absolute atomic E-state index is 5.66. The van der Waals surface area contributed by atoms with Crippen molar-refractivity contribution in [2.24, 2.45) is 0 Å². The van der Waals surface area contributed by atoms with E-state index in [0.29, 0.717) is 5.60 Å². The first-order valence-electron chi connectivity index (χ1n) is 11.0. The van der Waals surface area contributed by atoms with E-state index in [9.17, 15) is 0 Å². The summed E-state index contributed by atoms with van der Waals surface area (Å²) in [6.45, 7) is 5.61. The monoisotopic (exact) mass is 324 g/mol.